The lowest BCUT2D eigenvalue weighted by atomic mass is 10.0. The van der Waals surface area contributed by atoms with Gasteiger partial charge < -0.3 is 5.73 Å². The summed E-state index contributed by atoms with van der Waals surface area (Å²) in [7, 11) is 0. The smallest absolute Gasteiger partial charge is 0.0258 e. The monoisotopic (exact) mass is 268 g/mol. The first-order chi connectivity index (χ1) is 7.29. The van der Waals surface area contributed by atoms with Crippen LogP contribution in [0.15, 0.2) is 28.7 Å². The van der Waals surface area contributed by atoms with Crippen molar-refractivity contribution in [2.24, 2.45) is 5.73 Å². The molecule has 0 aliphatic carbocycles. The maximum atomic E-state index is 5.81. The van der Waals surface area contributed by atoms with Gasteiger partial charge in [-0.15, -0.1) is 0 Å². The van der Waals surface area contributed by atoms with Gasteiger partial charge in [-0.1, -0.05) is 28.1 Å². The third-order valence-electron chi connectivity index (χ3n) is 3.06. The molecule has 1 atom stereocenters. The molecule has 1 aliphatic heterocycles. The van der Waals surface area contributed by atoms with Crippen LogP contribution in [0.2, 0.25) is 0 Å². The summed E-state index contributed by atoms with van der Waals surface area (Å²) in [4.78, 5) is 2.47. The number of halogens is 1. The van der Waals surface area contributed by atoms with Gasteiger partial charge in [0, 0.05) is 17.1 Å². The van der Waals surface area contributed by atoms with Gasteiger partial charge in [-0.2, -0.15) is 0 Å². The average Bonchev–Trinajstić information content (AvgIpc) is 2.17. The normalized spacial score (nSPS) is 18.5. The lowest BCUT2D eigenvalue weighted by molar-refractivity contribution is 0.121. The van der Waals surface area contributed by atoms with Crippen molar-refractivity contribution in [2.45, 2.75) is 18.9 Å². The largest absolute Gasteiger partial charge is 0.329 e. The zero-order valence-corrected chi connectivity index (χ0v) is 10.4. The molecule has 1 aliphatic rings. The molecule has 1 unspecified atom stereocenters. The van der Waals surface area contributed by atoms with Gasteiger partial charge in [0.1, 0.15) is 0 Å². The Morgan fingerprint density at radius 1 is 1.27 bits per heavy atom. The second kappa shape index (κ2) is 5.10. The van der Waals surface area contributed by atoms with Crippen LogP contribution in [0.1, 0.15) is 12.0 Å². The fourth-order valence-electron chi connectivity index (χ4n) is 1.96. The second-order valence-corrected chi connectivity index (χ2v) is 5.03. The zero-order chi connectivity index (χ0) is 10.7. The molecule has 3 heteroatoms. The Morgan fingerprint density at radius 3 is 2.40 bits per heavy atom. The fraction of sp³-hybridized carbons (Fsp3) is 0.500. The van der Waals surface area contributed by atoms with E-state index in [0.29, 0.717) is 6.04 Å². The van der Waals surface area contributed by atoms with Gasteiger partial charge in [0.15, 0.2) is 0 Å². The van der Waals surface area contributed by atoms with E-state index < -0.39 is 0 Å². The number of benzene rings is 1. The first-order valence-corrected chi connectivity index (χ1v) is 6.27. The molecule has 1 aromatic rings. The first-order valence-electron chi connectivity index (χ1n) is 5.48. The first kappa shape index (κ1) is 11.1. The van der Waals surface area contributed by atoms with Gasteiger partial charge in [-0.25, -0.2) is 0 Å². The molecular weight excluding hydrogens is 252 g/mol. The number of hydrogen-bond donors (Lipinski definition) is 1. The molecule has 82 valence electrons. The number of hydrogen-bond acceptors (Lipinski definition) is 2. The van der Waals surface area contributed by atoms with E-state index >= 15 is 0 Å². The topological polar surface area (TPSA) is 29.3 Å². The van der Waals surface area contributed by atoms with E-state index in [9.17, 15) is 0 Å². The Balaban J connectivity index is 1.96. The highest BCUT2D eigenvalue weighted by atomic mass is 79.9. The van der Waals surface area contributed by atoms with Crippen molar-refractivity contribution in [3.8, 4) is 0 Å². The Hall–Kier alpha value is -0.380. The third-order valence-corrected chi connectivity index (χ3v) is 3.59. The van der Waals surface area contributed by atoms with Crippen molar-refractivity contribution in [2.75, 3.05) is 19.6 Å². The SMILES string of the molecule is NCC(Cc1ccc(Br)cc1)N1CCC1. The number of nitrogens with two attached hydrogens (primary N) is 1. The zero-order valence-electron chi connectivity index (χ0n) is 8.82. The molecular formula is C12H17BrN2. The highest BCUT2D eigenvalue weighted by Gasteiger charge is 2.22. The maximum absolute atomic E-state index is 5.81. The van der Waals surface area contributed by atoms with Gasteiger partial charge in [0.2, 0.25) is 0 Å². The van der Waals surface area contributed by atoms with E-state index in [0.717, 1.165) is 17.4 Å². The predicted molar refractivity (Wildman–Crippen MR) is 66.9 cm³/mol. The number of nitrogens with zero attached hydrogens (tertiary/aromatic N) is 1. The van der Waals surface area contributed by atoms with Crippen molar-refractivity contribution >= 4 is 15.9 Å². The van der Waals surface area contributed by atoms with Gasteiger partial charge in [-0.3, -0.25) is 4.90 Å². The summed E-state index contributed by atoms with van der Waals surface area (Å²) in [5, 5.41) is 0. The number of likely N-dealkylation sites (tertiary alicyclic amines) is 1. The molecule has 0 aromatic heterocycles. The van der Waals surface area contributed by atoms with Crippen molar-refractivity contribution < 1.29 is 0 Å². The second-order valence-electron chi connectivity index (χ2n) is 4.11. The van der Waals surface area contributed by atoms with Crippen LogP contribution in [-0.2, 0) is 6.42 Å². The summed E-state index contributed by atoms with van der Waals surface area (Å²) >= 11 is 3.45. The molecule has 1 fully saturated rings. The van der Waals surface area contributed by atoms with Crippen LogP contribution in [0.25, 0.3) is 0 Å². The number of rotatable bonds is 4. The van der Waals surface area contributed by atoms with Crippen molar-refractivity contribution in [1.82, 2.24) is 4.90 Å². The van der Waals surface area contributed by atoms with Crippen molar-refractivity contribution in [1.29, 1.82) is 0 Å². The van der Waals surface area contributed by atoms with Gasteiger partial charge in [-0.05, 0) is 43.6 Å². The molecule has 2 nitrogen and oxygen atoms in total. The van der Waals surface area contributed by atoms with Crippen molar-refractivity contribution in [3.63, 3.8) is 0 Å². The van der Waals surface area contributed by atoms with E-state index in [2.05, 4.69) is 45.1 Å². The summed E-state index contributed by atoms with van der Waals surface area (Å²) in [6.45, 7) is 3.20. The fourth-order valence-corrected chi connectivity index (χ4v) is 2.22. The minimum atomic E-state index is 0.528. The Labute approximate surface area is 99.6 Å². The van der Waals surface area contributed by atoms with Crippen LogP contribution >= 0.6 is 15.9 Å². The van der Waals surface area contributed by atoms with Gasteiger partial charge in [0.05, 0.1) is 0 Å². The molecule has 2 N–H and O–H groups in total. The minimum Gasteiger partial charge on any atom is -0.329 e. The molecule has 1 aromatic carbocycles. The minimum absolute atomic E-state index is 0.528. The predicted octanol–water partition coefficient (Wildman–Crippen LogP) is 2.02. The molecule has 1 saturated heterocycles. The van der Waals surface area contributed by atoms with E-state index in [1.807, 2.05) is 0 Å². The molecule has 2 rings (SSSR count). The van der Waals surface area contributed by atoms with E-state index in [-0.39, 0.29) is 0 Å². The Kier molecular flexibility index (Phi) is 3.78. The van der Waals surface area contributed by atoms with Crippen LogP contribution in [0, 0.1) is 0 Å². The molecule has 15 heavy (non-hydrogen) atoms. The molecule has 1 heterocycles. The van der Waals surface area contributed by atoms with Crippen LogP contribution < -0.4 is 5.73 Å². The van der Waals surface area contributed by atoms with Gasteiger partial charge >= 0.3 is 0 Å². The summed E-state index contributed by atoms with van der Waals surface area (Å²) < 4.78 is 1.14. The van der Waals surface area contributed by atoms with Gasteiger partial charge in [0.25, 0.3) is 0 Å². The highest BCUT2D eigenvalue weighted by molar-refractivity contribution is 9.10. The van der Waals surface area contributed by atoms with Crippen LogP contribution in [0.3, 0.4) is 0 Å². The van der Waals surface area contributed by atoms with Crippen molar-refractivity contribution in [3.05, 3.63) is 34.3 Å². The Morgan fingerprint density at radius 2 is 1.93 bits per heavy atom. The maximum Gasteiger partial charge on any atom is 0.0258 e. The van der Waals surface area contributed by atoms with E-state index in [4.69, 9.17) is 5.73 Å². The van der Waals surface area contributed by atoms with Crippen LogP contribution in [0.5, 0.6) is 0 Å². The standard InChI is InChI=1S/C12H17BrN2/c13-11-4-2-10(3-5-11)8-12(9-14)15-6-1-7-15/h2-5,12H,1,6-9,14H2. The summed E-state index contributed by atoms with van der Waals surface area (Å²) in [6.07, 6.45) is 2.40. The summed E-state index contributed by atoms with van der Waals surface area (Å²) in [5.41, 5.74) is 7.19. The lowest BCUT2D eigenvalue weighted by Gasteiger charge is -2.38. The van der Waals surface area contributed by atoms with Crippen LogP contribution in [0.4, 0.5) is 0 Å². The summed E-state index contributed by atoms with van der Waals surface area (Å²) in [6, 6.07) is 9.07. The Bertz CT molecular complexity index is 306. The average molecular weight is 269 g/mol. The quantitative estimate of drug-likeness (QED) is 0.906. The molecule has 0 spiro atoms. The molecule has 0 radical (unpaired) electrons. The lowest BCUT2D eigenvalue weighted by Crippen LogP contribution is -2.49. The van der Waals surface area contributed by atoms with Crippen LogP contribution in [-0.4, -0.2) is 30.6 Å². The third kappa shape index (κ3) is 2.80. The molecule has 0 bridgehead atoms. The van der Waals surface area contributed by atoms with E-state index in [1.165, 1.54) is 25.1 Å². The summed E-state index contributed by atoms with van der Waals surface area (Å²) in [5.74, 6) is 0. The molecule has 0 amide bonds. The highest BCUT2D eigenvalue weighted by Crippen LogP contribution is 2.16. The molecule has 0 saturated carbocycles. The van der Waals surface area contributed by atoms with E-state index in [1.54, 1.807) is 0 Å².